The molecule has 2 aliphatic heterocycles. The molecule has 5 unspecified atom stereocenters. The molecule has 4 rings (SSSR count). The molecular weight excluding hydrogens is 432 g/mol. The van der Waals surface area contributed by atoms with Crippen LogP contribution in [0.15, 0.2) is 48.5 Å². The van der Waals surface area contributed by atoms with Crippen molar-refractivity contribution in [2.24, 2.45) is 17.8 Å². The normalized spacial score (nSPS) is 27.1. The topological polar surface area (TPSA) is 95.9 Å². The third kappa shape index (κ3) is 3.59. The summed E-state index contributed by atoms with van der Waals surface area (Å²) in [5.74, 6) is -3.41. The number of hydrogen-bond acceptors (Lipinski definition) is 5. The lowest BCUT2D eigenvalue weighted by Crippen LogP contribution is -2.59. The van der Waals surface area contributed by atoms with Gasteiger partial charge in [0.15, 0.2) is 0 Å². The number of carbonyl (C=O) groups excluding carboxylic acids is 2. The van der Waals surface area contributed by atoms with E-state index in [1.54, 1.807) is 12.1 Å². The Balaban J connectivity index is 1.82. The number of para-hydroxylation sites is 1. The van der Waals surface area contributed by atoms with Crippen molar-refractivity contribution < 1.29 is 24.2 Å². The maximum absolute atomic E-state index is 13.8. The maximum atomic E-state index is 13.8. The van der Waals surface area contributed by atoms with Crippen molar-refractivity contribution in [2.75, 3.05) is 11.5 Å². The molecule has 2 heterocycles. The van der Waals surface area contributed by atoms with Gasteiger partial charge in [-0.25, -0.2) is 4.90 Å². The van der Waals surface area contributed by atoms with Crippen LogP contribution in [0, 0.1) is 24.7 Å². The second kappa shape index (κ2) is 9.22. The van der Waals surface area contributed by atoms with Crippen molar-refractivity contribution in [1.29, 1.82) is 0 Å². The fraction of sp³-hybridized carbons (Fsp3) is 0.444. The average Bonchev–Trinajstić information content (AvgIpc) is 3.33. The van der Waals surface area contributed by atoms with Crippen LogP contribution in [-0.2, 0) is 14.4 Å². The van der Waals surface area contributed by atoms with Crippen LogP contribution in [-0.4, -0.2) is 35.0 Å². The highest BCUT2D eigenvalue weighted by Gasteiger charge is 2.70. The molecule has 0 bridgehead atoms. The lowest BCUT2D eigenvalue weighted by molar-refractivity contribution is -0.151. The average molecular weight is 465 g/mol. The fourth-order valence-electron chi connectivity index (χ4n) is 5.45. The Morgan fingerprint density at radius 1 is 1.12 bits per heavy atom. The summed E-state index contributed by atoms with van der Waals surface area (Å²) in [6.07, 6.45) is 1.43. The number of anilines is 1. The molecule has 0 radical (unpaired) electrons. The van der Waals surface area contributed by atoms with Gasteiger partial charge in [-0.05, 0) is 48.6 Å². The molecule has 34 heavy (non-hydrogen) atoms. The van der Waals surface area contributed by atoms with E-state index in [9.17, 15) is 19.5 Å². The molecule has 2 aromatic carbocycles. The molecular formula is C27H32N2O5. The summed E-state index contributed by atoms with van der Waals surface area (Å²) in [6.45, 7) is 8.20. The highest BCUT2D eigenvalue weighted by atomic mass is 16.5. The van der Waals surface area contributed by atoms with E-state index in [0.29, 0.717) is 24.5 Å². The summed E-state index contributed by atoms with van der Waals surface area (Å²) < 4.78 is 5.68. The van der Waals surface area contributed by atoms with Crippen LogP contribution < -0.4 is 15.0 Å². The number of nitrogens with zero attached hydrogens (tertiary/aromatic N) is 1. The minimum absolute atomic E-state index is 0.362. The summed E-state index contributed by atoms with van der Waals surface area (Å²) in [4.78, 5) is 41.7. The predicted octanol–water partition coefficient (Wildman–Crippen LogP) is 4.10. The first-order chi connectivity index (χ1) is 16.3. The molecule has 7 nitrogen and oxygen atoms in total. The van der Waals surface area contributed by atoms with Crippen LogP contribution in [0.4, 0.5) is 5.69 Å². The molecule has 2 fully saturated rings. The summed E-state index contributed by atoms with van der Waals surface area (Å²) in [7, 11) is 0. The van der Waals surface area contributed by atoms with E-state index in [0.717, 1.165) is 17.5 Å². The van der Waals surface area contributed by atoms with Crippen molar-refractivity contribution in [3.8, 4) is 5.75 Å². The molecule has 5 atom stereocenters. The van der Waals surface area contributed by atoms with Crippen LogP contribution in [0.5, 0.6) is 5.75 Å². The van der Waals surface area contributed by atoms with E-state index >= 15 is 0 Å². The van der Waals surface area contributed by atoms with Crippen LogP contribution in [0.1, 0.15) is 50.8 Å². The quantitative estimate of drug-likeness (QED) is 0.571. The van der Waals surface area contributed by atoms with Gasteiger partial charge >= 0.3 is 5.97 Å². The van der Waals surface area contributed by atoms with Gasteiger partial charge in [0.05, 0.1) is 24.1 Å². The number of benzene rings is 2. The monoisotopic (exact) mass is 464 g/mol. The Labute approximate surface area is 200 Å². The number of aryl methyl sites for hydroxylation is 1. The largest absolute Gasteiger partial charge is 0.494 e. The van der Waals surface area contributed by atoms with Crippen molar-refractivity contribution in [3.05, 3.63) is 59.7 Å². The van der Waals surface area contributed by atoms with Gasteiger partial charge in [0.1, 0.15) is 11.3 Å². The van der Waals surface area contributed by atoms with Crippen molar-refractivity contribution in [1.82, 2.24) is 5.32 Å². The molecule has 7 heteroatoms. The lowest BCUT2D eigenvalue weighted by Gasteiger charge is -2.36. The molecule has 2 amide bonds. The summed E-state index contributed by atoms with van der Waals surface area (Å²) in [5, 5.41) is 13.7. The van der Waals surface area contributed by atoms with Gasteiger partial charge in [-0.15, -0.1) is 0 Å². The first kappa shape index (κ1) is 24.0. The number of carbonyl (C=O) groups is 3. The van der Waals surface area contributed by atoms with Gasteiger partial charge in [-0.3, -0.25) is 19.7 Å². The number of carboxylic acids is 1. The number of nitrogens with one attached hydrogen (secondary N) is 1. The molecule has 0 aliphatic carbocycles. The third-order valence-corrected chi connectivity index (χ3v) is 7.41. The summed E-state index contributed by atoms with van der Waals surface area (Å²) in [6, 6.07) is 13.9. The number of amides is 2. The molecule has 2 N–H and O–H groups in total. The number of aliphatic carboxylic acids is 1. The van der Waals surface area contributed by atoms with Crippen molar-refractivity contribution >= 4 is 23.5 Å². The molecule has 0 spiro atoms. The SMILES string of the molecule is CCCOc1ccc(C2NC(C(=O)O)(C(C)CC)C3C(=O)N(c4ccccc4C)C(=O)C23)cc1. The number of carboxylic acid groups (broad SMARTS) is 1. The van der Waals surface area contributed by atoms with Crippen molar-refractivity contribution in [2.45, 2.75) is 52.1 Å². The Kier molecular flexibility index (Phi) is 6.49. The van der Waals surface area contributed by atoms with E-state index < -0.39 is 35.3 Å². The van der Waals surface area contributed by atoms with Crippen LogP contribution in [0.2, 0.25) is 0 Å². The van der Waals surface area contributed by atoms with E-state index in [1.165, 1.54) is 4.90 Å². The summed E-state index contributed by atoms with van der Waals surface area (Å²) in [5.41, 5.74) is 0.511. The van der Waals surface area contributed by atoms with E-state index in [-0.39, 0.29) is 11.8 Å². The number of rotatable bonds is 8. The molecule has 0 saturated carbocycles. The Morgan fingerprint density at radius 2 is 1.79 bits per heavy atom. The van der Waals surface area contributed by atoms with Crippen molar-refractivity contribution in [3.63, 3.8) is 0 Å². The Hall–Kier alpha value is -3.19. The molecule has 0 aromatic heterocycles. The second-order valence-corrected chi connectivity index (χ2v) is 9.32. The molecule has 180 valence electrons. The second-order valence-electron chi connectivity index (χ2n) is 9.32. The summed E-state index contributed by atoms with van der Waals surface area (Å²) >= 11 is 0. The third-order valence-electron chi connectivity index (χ3n) is 7.41. The zero-order valence-electron chi connectivity index (χ0n) is 20.1. The standard InChI is InChI=1S/C27H32N2O5/c1-5-15-34-19-13-11-18(12-14-19)23-21-22(27(28-23,26(32)33)17(4)6-2)25(31)29(24(21)30)20-10-8-7-9-16(20)3/h7-14,17,21-23,28H,5-6,15H2,1-4H3,(H,32,33). The number of imide groups is 1. The van der Waals surface area contributed by atoms with Gasteiger partial charge < -0.3 is 9.84 Å². The van der Waals surface area contributed by atoms with Gasteiger partial charge in [0.2, 0.25) is 11.8 Å². The highest BCUT2D eigenvalue weighted by molar-refractivity contribution is 6.24. The highest BCUT2D eigenvalue weighted by Crippen LogP contribution is 2.53. The zero-order valence-corrected chi connectivity index (χ0v) is 20.1. The molecule has 2 aromatic rings. The predicted molar refractivity (Wildman–Crippen MR) is 129 cm³/mol. The van der Waals surface area contributed by atoms with Gasteiger partial charge in [0.25, 0.3) is 0 Å². The zero-order chi connectivity index (χ0) is 24.6. The Morgan fingerprint density at radius 3 is 2.38 bits per heavy atom. The minimum atomic E-state index is -1.55. The number of ether oxygens (including phenoxy) is 1. The smallest absolute Gasteiger partial charge is 0.325 e. The minimum Gasteiger partial charge on any atom is -0.494 e. The molecule has 2 saturated heterocycles. The maximum Gasteiger partial charge on any atom is 0.325 e. The molecule has 2 aliphatic rings. The van der Waals surface area contributed by atoms with E-state index in [2.05, 4.69) is 5.32 Å². The Bertz CT molecular complexity index is 1100. The fourth-order valence-corrected chi connectivity index (χ4v) is 5.45. The lowest BCUT2D eigenvalue weighted by atomic mass is 9.72. The van der Waals surface area contributed by atoms with Gasteiger partial charge in [0, 0.05) is 6.04 Å². The van der Waals surface area contributed by atoms with Gasteiger partial charge in [-0.2, -0.15) is 0 Å². The number of fused-ring (bicyclic) bond motifs is 1. The van der Waals surface area contributed by atoms with Crippen LogP contribution in [0.3, 0.4) is 0 Å². The number of hydrogen-bond donors (Lipinski definition) is 2. The van der Waals surface area contributed by atoms with Crippen LogP contribution in [0.25, 0.3) is 0 Å². The van der Waals surface area contributed by atoms with Gasteiger partial charge in [-0.1, -0.05) is 57.5 Å². The van der Waals surface area contributed by atoms with E-state index in [1.807, 2.05) is 64.1 Å². The first-order valence-corrected chi connectivity index (χ1v) is 11.9. The van der Waals surface area contributed by atoms with E-state index in [4.69, 9.17) is 4.74 Å². The first-order valence-electron chi connectivity index (χ1n) is 11.9. The van der Waals surface area contributed by atoms with Crippen LogP contribution >= 0.6 is 0 Å².